The number of ether oxygens (including phenoxy) is 4. The monoisotopic (exact) mass is 2170 g/mol. The number of nitrogens with zero attached hydrogens (tertiary/aromatic N) is 8. The molecular weight excluding hydrogens is 2090 g/mol. The van der Waals surface area contributed by atoms with Gasteiger partial charge >= 0.3 is 23.9 Å². The van der Waals surface area contributed by atoms with E-state index in [2.05, 4.69) is 64.1 Å². The van der Waals surface area contributed by atoms with E-state index >= 15 is 0 Å². The minimum Gasteiger partial charge on any atom is -0.540 e. The predicted molar refractivity (Wildman–Crippen MR) is 396 cm³/mol. The first-order valence-corrected chi connectivity index (χ1v) is 32.4. The Labute approximate surface area is 686 Å². The Kier molecular flexibility index (Phi) is 48.0. The molecule has 20 nitrogen and oxygen atoms in total. The van der Waals surface area contributed by atoms with Crippen LogP contribution in [-0.4, -0.2) is 104 Å². The molecule has 0 saturated carbocycles. The fraction of sp³-hybridized carbons (Fsp3) is 0.119. The van der Waals surface area contributed by atoms with Gasteiger partial charge in [-0.3, -0.25) is 39.1 Å². The van der Waals surface area contributed by atoms with Crippen LogP contribution >= 0.6 is 0 Å². The van der Waals surface area contributed by atoms with E-state index in [-0.39, 0.29) is 116 Å². The summed E-state index contributed by atoms with van der Waals surface area (Å²) in [5.74, 6) is 0.627. The van der Waals surface area contributed by atoms with Gasteiger partial charge < -0.3 is 59.3 Å². The Balaban J connectivity index is 0.000000422. The molecule has 8 aromatic heterocycles. The van der Waals surface area contributed by atoms with Gasteiger partial charge in [-0.05, 0) is 128 Å². The summed E-state index contributed by atoms with van der Waals surface area (Å²) < 4.78 is 22.4. The van der Waals surface area contributed by atoms with Crippen molar-refractivity contribution in [3.63, 3.8) is 0 Å². The molecule has 8 heterocycles. The third-order valence-corrected chi connectivity index (χ3v) is 13.0. The molecule has 0 atom stereocenters. The Morgan fingerprint density at radius 3 is 0.880 bits per heavy atom. The molecule has 0 aliphatic carbocycles. The van der Waals surface area contributed by atoms with E-state index in [0.29, 0.717) is 29.4 Å². The van der Waals surface area contributed by atoms with E-state index in [0.717, 1.165) is 73.8 Å². The maximum Gasteiger partial charge on any atom is 0.309 e. The number of hydrogen-bond acceptors (Lipinski definition) is 16. The first-order valence-electron chi connectivity index (χ1n) is 32.4. The van der Waals surface area contributed by atoms with Crippen LogP contribution in [0.2, 0.25) is 0 Å². The molecule has 0 spiro atoms. The summed E-state index contributed by atoms with van der Waals surface area (Å²) in [5.41, 5.74) is 9.48. The maximum atomic E-state index is 10.1. The number of hydrogen-bond donors (Lipinski definition) is 4. The fourth-order valence-electron chi connectivity index (χ4n) is 8.66. The molecular formula is C84H76N8O12Pt4-4. The zero-order valence-corrected chi connectivity index (χ0v) is 67.9. The topological polar surface area (TPSA) is 289 Å². The number of carboxylic acids is 4. The number of pyridine rings is 8. The van der Waals surface area contributed by atoms with Crippen LogP contribution in [0, 0.1) is 24.3 Å². The van der Waals surface area contributed by atoms with E-state index in [1.165, 1.54) is 0 Å². The first-order chi connectivity index (χ1) is 50.7. The summed E-state index contributed by atoms with van der Waals surface area (Å²) >= 11 is 0. The molecule has 0 aliphatic rings. The molecule has 0 fully saturated rings. The number of aromatic nitrogens is 8. The molecule has 13 aromatic rings. The van der Waals surface area contributed by atoms with Crippen molar-refractivity contribution < 1.29 is 143 Å². The van der Waals surface area contributed by atoms with Gasteiger partial charge in [0.15, 0.2) is 0 Å². The summed E-state index contributed by atoms with van der Waals surface area (Å²) in [4.78, 5) is 73.0. The number of carboxylic acid groups (broad SMARTS) is 4. The zero-order chi connectivity index (χ0) is 74.2. The van der Waals surface area contributed by atoms with Crippen LogP contribution in [0.3, 0.4) is 0 Å². The zero-order valence-electron chi connectivity index (χ0n) is 58.8. The van der Waals surface area contributed by atoms with Gasteiger partial charge in [-0.25, -0.2) is 0 Å². The van der Waals surface area contributed by atoms with Gasteiger partial charge in [-0.15, -0.1) is 97.1 Å². The number of methoxy groups -OCH3 is 1. The molecule has 0 aliphatic heterocycles. The maximum absolute atomic E-state index is 10.1. The standard InChI is InChI=1S/C17H12NO.C14H14NO.C13H12NO.C12H10NO.4C7H7NO2.4Pt/c1-2-8-14(9-3-1)19-17-12-5-4-10-15(17)16-11-6-7-13-18-16;1-11(2)16-14-9-4-3-7-12(14)13-8-5-6-10-15-13;1-2-15-13-9-4-3-7-11(13)12-8-5-6-10-14-12;1-14-12-8-3-2-6-10(12)11-7-4-5-9-13-11;4*9-7(10)5-6-3-1-2-4-8-6;;;;/h1-9,11-13H;3-6,8-11H,1-2H3;3-6,8-10H,2H2,1H3;2-5,7-9H,1H3;4*1-4H,5H2,(H,9,10);;;;/q4*-1;;;;;;;;. The van der Waals surface area contributed by atoms with E-state index in [4.69, 9.17) is 39.4 Å². The smallest absolute Gasteiger partial charge is 0.309 e. The van der Waals surface area contributed by atoms with Gasteiger partial charge in [0, 0.05) is 157 Å². The molecule has 13 rings (SSSR count). The Morgan fingerprint density at radius 1 is 0.333 bits per heavy atom. The third kappa shape index (κ3) is 37.4. The summed E-state index contributed by atoms with van der Waals surface area (Å²) in [5, 5.41) is 33.3. The quantitative estimate of drug-likeness (QED) is 0.0547. The average Bonchev–Trinajstić information content (AvgIpc) is 0.860. The second kappa shape index (κ2) is 55.6. The number of para-hydroxylation sites is 1. The minimum absolute atomic E-state index is 0. The first kappa shape index (κ1) is 93.2. The van der Waals surface area contributed by atoms with Crippen LogP contribution in [0.15, 0.2) is 298 Å². The molecule has 108 heavy (non-hydrogen) atoms. The number of aliphatic carboxylic acids is 4. The van der Waals surface area contributed by atoms with Gasteiger partial charge in [0.05, 0.1) is 68.3 Å². The van der Waals surface area contributed by atoms with Crippen LogP contribution < -0.4 is 18.9 Å². The molecule has 24 heteroatoms. The minimum atomic E-state index is -0.848. The van der Waals surface area contributed by atoms with Gasteiger partial charge in [0.1, 0.15) is 5.75 Å². The molecule has 568 valence electrons. The van der Waals surface area contributed by atoms with Gasteiger partial charge in [-0.2, -0.15) is 0 Å². The van der Waals surface area contributed by atoms with Gasteiger partial charge in [0.2, 0.25) is 0 Å². The summed E-state index contributed by atoms with van der Waals surface area (Å²) in [6, 6.07) is 89.2. The van der Waals surface area contributed by atoms with Crippen molar-refractivity contribution in [2.75, 3.05) is 13.7 Å². The van der Waals surface area contributed by atoms with Crippen LogP contribution in [0.1, 0.15) is 43.5 Å². The van der Waals surface area contributed by atoms with Crippen molar-refractivity contribution in [2.24, 2.45) is 0 Å². The second-order valence-electron chi connectivity index (χ2n) is 21.3. The van der Waals surface area contributed by atoms with Crippen molar-refractivity contribution in [3.05, 3.63) is 345 Å². The molecule has 0 radical (unpaired) electrons. The van der Waals surface area contributed by atoms with Crippen molar-refractivity contribution in [2.45, 2.75) is 52.6 Å². The average molecular weight is 2170 g/mol. The number of carbonyl (C=O) groups is 4. The molecule has 4 N–H and O–H groups in total. The fourth-order valence-corrected chi connectivity index (χ4v) is 8.66. The molecule has 0 saturated heterocycles. The van der Waals surface area contributed by atoms with Crippen LogP contribution in [-0.2, 0) is 129 Å². The Bertz CT molecular complexity index is 4350. The summed E-state index contributed by atoms with van der Waals surface area (Å²) in [7, 11) is 1.65. The predicted octanol–water partition coefficient (Wildman–Crippen LogP) is 16.0. The van der Waals surface area contributed by atoms with Crippen LogP contribution in [0.25, 0.3) is 45.0 Å². The van der Waals surface area contributed by atoms with E-state index in [1.54, 1.807) is 129 Å². The normalized spacial score (nSPS) is 9.38. The molecule has 0 amide bonds. The van der Waals surface area contributed by atoms with Crippen molar-refractivity contribution in [3.8, 4) is 73.8 Å². The Hall–Kier alpha value is -10.9. The third-order valence-electron chi connectivity index (χ3n) is 13.0. The molecule has 0 unspecified atom stereocenters. The van der Waals surface area contributed by atoms with Crippen LogP contribution in [0.4, 0.5) is 0 Å². The summed E-state index contributed by atoms with van der Waals surface area (Å²) in [6.45, 7) is 6.64. The summed E-state index contributed by atoms with van der Waals surface area (Å²) in [6.07, 6.45) is 13.5. The number of benzene rings is 5. The molecule has 0 bridgehead atoms. The van der Waals surface area contributed by atoms with Gasteiger partial charge in [-0.1, -0.05) is 113 Å². The van der Waals surface area contributed by atoms with E-state index in [1.807, 2.05) is 197 Å². The van der Waals surface area contributed by atoms with E-state index in [9.17, 15) is 19.2 Å². The number of rotatable bonds is 19. The largest absolute Gasteiger partial charge is 0.540 e. The van der Waals surface area contributed by atoms with Gasteiger partial charge in [0.25, 0.3) is 0 Å². The van der Waals surface area contributed by atoms with Crippen molar-refractivity contribution in [1.29, 1.82) is 0 Å². The van der Waals surface area contributed by atoms with Crippen molar-refractivity contribution in [1.82, 2.24) is 39.9 Å². The van der Waals surface area contributed by atoms with Crippen LogP contribution in [0.5, 0.6) is 28.7 Å². The molecule has 5 aromatic carbocycles. The SMILES string of the molecule is CC(C)Oc1ccc[c-]c1-c1ccccn1.CCOc1ccc[c-]c1-c1ccccn1.COc1ccc[c-]c1-c1ccccn1.O=C(O)Cc1ccccn1.O=C(O)Cc1ccccn1.O=C(O)Cc1ccccn1.O=C(O)Cc1ccccn1.[Pt].[Pt].[Pt].[Pt].[c-]1cccc(Oc2ccccc2)c1-c1ccccn1. The van der Waals surface area contributed by atoms with Crippen molar-refractivity contribution >= 4 is 23.9 Å². The Morgan fingerprint density at radius 2 is 0.602 bits per heavy atom. The van der Waals surface area contributed by atoms with E-state index < -0.39 is 23.9 Å². The second-order valence-corrected chi connectivity index (χ2v) is 21.3.